The Kier molecular flexibility index (Phi) is 18.2. The molecule has 0 saturated carbocycles. The summed E-state index contributed by atoms with van der Waals surface area (Å²) in [6, 6.07) is 0. The summed E-state index contributed by atoms with van der Waals surface area (Å²) in [6.07, 6.45) is 19.3. The van der Waals surface area contributed by atoms with Gasteiger partial charge in [0.1, 0.15) is 0 Å². The Bertz CT molecular complexity index is 436. The monoisotopic (exact) mass is 456 g/mol. The number of carboxylic acid groups (broad SMARTS) is 1. The van der Waals surface area contributed by atoms with Crippen LogP contribution in [-0.2, 0) is 14.3 Å². The molecule has 0 amide bonds. The number of hydrogen-bond donors (Lipinski definition) is 2. The molecule has 0 aromatic heterocycles. The number of aliphatic carboxylic acids is 1. The molecule has 0 bridgehead atoms. The van der Waals surface area contributed by atoms with Gasteiger partial charge in [0.05, 0.1) is 18.1 Å². The predicted octanol–water partition coefficient (Wildman–Crippen LogP) is 7.24. The SMILES string of the molecule is CCCCCCCCCCCC(CC(O)[C@@H](CCCCCC)C(=O)O)OC1CCCCO1. The first kappa shape index (κ1) is 29.4. The Hall–Kier alpha value is -0.650. The summed E-state index contributed by atoms with van der Waals surface area (Å²) in [5.41, 5.74) is 0. The van der Waals surface area contributed by atoms with Crippen LogP contribution in [0.15, 0.2) is 0 Å². The lowest BCUT2D eigenvalue weighted by Crippen LogP contribution is -2.35. The first-order valence-corrected chi connectivity index (χ1v) is 13.8. The van der Waals surface area contributed by atoms with Crippen molar-refractivity contribution in [2.24, 2.45) is 5.92 Å². The minimum absolute atomic E-state index is 0.129. The van der Waals surface area contributed by atoms with Crippen LogP contribution in [0.5, 0.6) is 0 Å². The molecule has 1 heterocycles. The fourth-order valence-electron chi connectivity index (χ4n) is 4.66. The Morgan fingerprint density at radius 3 is 2.00 bits per heavy atom. The Morgan fingerprint density at radius 2 is 1.44 bits per heavy atom. The molecule has 0 radical (unpaired) electrons. The molecule has 1 aliphatic heterocycles. The van der Waals surface area contributed by atoms with Gasteiger partial charge in [0.15, 0.2) is 6.29 Å². The van der Waals surface area contributed by atoms with Crippen molar-refractivity contribution in [2.75, 3.05) is 6.61 Å². The predicted molar refractivity (Wildman–Crippen MR) is 131 cm³/mol. The normalized spacial score (nSPS) is 19.5. The van der Waals surface area contributed by atoms with Crippen LogP contribution in [0.1, 0.15) is 136 Å². The molecule has 1 rings (SSSR count). The second-order valence-electron chi connectivity index (χ2n) is 9.77. The molecule has 2 N–H and O–H groups in total. The third-order valence-corrected chi connectivity index (χ3v) is 6.77. The van der Waals surface area contributed by atoms with E-state index in [0.717, 1.165) is 64.4 Å². The highest BCUT2D eigenvalue weighted by atomic mass is 16.7. The standard InChI is InChI=1S/C27H52O5/c1-3-5-7-9-10-11-12-13-14-18-23(32-26-20-16-17-21-31-26)22-25(28)24(27(29)30)19-15-8-6-4-2/h23-26,28H,3-22H2,1-2H3,(H,29,30)/t23?,24-,25?,26?/m1/s1. The molecule has 1 saturated heterocycles. The van der Waals surface area contributed by atoms with Crippen LogP contribution in [0.2, 0.25) is 0 Å². The summed E-state index contributed by atoms with van der Waals surface area (Å²) in [7, 11) is 0. The molecule has 5 nitrogen and oxygen atoms in total. The van der Waals surface area contributed by atoms with Gasteiger partial charge in [-0.2, -0.15) is 0 Å². The molecule has 0 aliphatic carbocycles. The van der Waals surface area contributed by atoms with Crippen molar-refractivity contribution < 1.29 is 24.5 Å². The molecule has 5 heteroatoms. The van der Waals surface area contributed by atoms with Crippen LogP contribution in [0, 0.1) is 5.92 Å². The van der Waals surface area contributed by atoms with Gasteiger partial charge >= 0.3 is 5.97 Å². The van der Waals surface area contributed by atoms with Gasteiger partial charge in [-0.3, -0.25) is 4.79 Å². The van der Waals surface area contributed by atoms with Crippen LogP contribution >= 0.6 is 0 Å². The Labute approximate surface area is 197 Å². The molecule has 32 heavy (non-hydrogen) atoms. The smallest absolute Gasteiger partial charge is 0.309 e. The van der Waals surface area contributed by atoms with E-state index in [1.54, 1.807) is 0 Å². The number of rotatable bonds is 21. The van der Waals surface area contributed by atoms with Crippen LogP contribution in [0.4, 0.5) is 0 Å². The van der Waals surface area contributed by atoms with Gasteiger partial charge in [0.25, 0.3) is 0 Å². The summed E-state index contributed by atoms with van der Waals surface area (Å²) >= 11 is 0. The molecule has 1 fully saturated rings. The maximum absolute atomic E-state index is 11.8. The van der Waals surface area contributed by atoms with Gasteiger partial charge in [0, 0.05) is 13.0 Å². The summed E-state index contributed by atoms with van der Waals surface area (Å²) < 4.78 is 12.0. The van der Waals surface area contributed by atoms with Gasteiger partial charge in [0.2, 0.25) is 0 Å². The summed E-state index contributed by atoms with van der Waals surface area (Å²) in [6.45, 7) is 5.12. The molecule has 0 aromatic carbocycles. The highest BCUT2D eigenvalue weighted by Crippen LogP contribution is 2.25. The van der Waals surface area contributed by atoms with Crippen molar-refractivity contribution in [3.05, 3.63) is 0 Å². The zero-order valence-electron chi connectivity index (χ0n) is 21.1. The van der Waals surface area contributed by atoms with Crippen molar-refractivity contribution in [1.29, 1.82) is 0 Å². The highest BCUT2D eigenvalue weighted by Gasteiger charge is 2.30. The second-order valence-corrected chi connectivity index (χ2v) is 9.77. The average Bonchev–Trinajstić information content (AvgIpc) is 2.78. The van der Waals surface area contributed by atoms with Crippen molar-refractivity contribution in [1.82, 2.24) is 0 Å². The van der Waals surface area contributed by atoms with Gasteiger partial charge in [-0.15, -0.1) is 0 Å². The molecule has 3 unspecified atom stereocenters. The zero-order chi connectivity index (χ0) is 23.4. The van der Waals surface area contributed by atoms with E-state index >= 15 is 0 Å². The first-order valence-electron chi connectivity index (χ1n) is 13.8. The van der Waals surface area contributed by atoms with Crippen LogP contribution in [0.3, 0.4) is 0 Å². The molecule has 0 spiro atoms. The fraction of sp³-hybridized carbons (Fsp3) is 0.963. The third kappa shape index (κ3) is 14.5. The minimum atomic E-state index is -0.885. The number of unbranched alkanes of at least 4 members (excludes halogenated alkanes) is 11. The van der Waals surface area contributed by atoms with Crippen molar-refractivity contribution in [3.63, 3.8) is 0 Å². The van der Waals surface area contributed by atoms with E-state index in [2.05, 4.69) is 13.8 Å². The quantitative estimate of drug-likeness (QED) is 0.178. The van der Waals surface area contributed by atoms with Crippen LogP contribution in [0.25, 0.3) is 0 Å². The van der Waals surface area contributed by atoms with Gasteiger partial charge < -0.3 is 19.7 Å². The van der Waals surface area contributed by atoms with Gasteiger partial charge in [-0.1, -0.05) is 97.3 Å². The lowest BCUT2D eigenvalue weighted by molar-refractivity contribution is -0.196. The molecule has 1 aliphatic rings. The van der Waals surface area contributed by atoms with Gasteiger partial charge in [-0.25, -0.2) is 0 Å². The summed E-state index contributed by atoms with van der Waals surface area (Å²) in [5.74, 6) is -1.59. The molecule has 0 aromatic rings. The number of aliphatic hydroxyl groups is 1. The topological polar surface area (TPSA) is 76.0 Å². The number of carbonyl (C=O) groups is 1. The maximum atomic E-state index is 11.8. The first-order chi connectivity index (χ1) is 15.6. The number of carboxylic acids is 1. The Morgan fingerprint density at radius 1 is 0.875 bits per heavy atom. The van der Waals surface area contributed by atoms with E-state index in [-0.39, 0.29) is 12.4 Å². The van der Waals surface area contributed by atoms with Crippen molar-refractivity contribution in [3.8, 4) is 0 Å². The summed E-state index contributed by atoms with van der Waals surface area (Å²) in [4.78, 5) is 11.8. The number of hydrogen-bond acceptors (Lipinski definition) is 4. The zero-order valence-corrected chi connectivity index (χ0v) is 21.1. The van der Waals surface area contributed by atoms with Crippen molar-refractivity contribution in [2.45, 2.75) is 154 Å². The Balaban J connectivity index is 2.44. The maximum Gasteiger partial charge on any atom is 0.309 e. The van der Waals surface area contributed by atoms with Crippen LogP contribution in [-0.4, -0.2) is 41.3 Å². The van der Waals surface area contributed by atoms with Crippen molar-refractivity contribution >= 4 is 5.97 Å². The third-order valence-electron chi connectivity index (χ3n) is 6.77. The van der Waals surface area contributed by atoms with E-state index in [0.29, 0.717) is 12.8 Å². The average molecular weight is 457 g/mol. The fourth-order valence-corrected chi connectivity index (χ4v) is 4.66. The lowest BCUT2D eigenvalue weighted by atomic mass is 9.90. The largest absolute Gasteiger partial charge is 0.481 e. The number of aliphatic hydroxyl groups excluding tert-OH is 1. The number of ether oxygens (including phenoxy) is 2. The summed E-state index contributed by atoms with van der Waals surface area (Å²) in [5, 5.41) is 20.4. The minimum Gasteiger partial charge on any atom is -0.481 e. The van der Waals surface area contributed by atoms with Crippen LogP contribution < -0.4 is 0 Å². The van der Waals surface area contributed by atoms with E-state index in [1.165, 1.54) is 51.4 Å². The van der Waals surface area contributed by atoms with E-state index < -0.39 is 18.0 Å². The second kappa shape index (κ2) is 19.8. The van der Waals surface area contributed by atoms with Gasteiger partial charge in [-0.05, 0) is 32.1 Å². The highest BCUT2D eigenvalue weighted by molar-refractivity contribution is 5.70. The van der Waals surface area contributed by atoms with E-state index in [1.807, 2.05) is 0 Å². The molecule has 4 atom stereocenters. The molecular formula is C27H52O5. The lowest BCUT2D eigenvalue weighted by Gasteiger charge is -2.30. The molecular weight excluding hydrogens is 404 g/mol. The van der Waals surface area contributed by atoms with E-state index in [4.69, 9.17) is 9.47 Å². The van der Waals surface area contributed by atoms with E-state index in [9.17, 15) is 15.0 Å². The molecule has 190 valence electrons.